The monoisotopic (exact) mass is 249 g/mol. The third-order valence-electron chi connectivity index (χ3n) is 4.03. The van der Waals surface area contributed by atoms with Crippen LogP contribution in [0.25, 0.3) is 0 Å². The van der Waals surface area contributed by atoms with Crippen molar-refractivity contribution in [1.29, 1.82) is 0 Å². The molecule has 0 bridgehead atoms. The molecule has 1 fully saturated rings. The van der Waals surface area contributed by atoms with Crippen molar-refractivity contribution in [3.05, 3.63) is 28.8 Å². The van der Waals surface area contributed by atoms with Crippen LogP contribution in [0, 0.1) is 13.8 Å². The molecule has 1 aromatic carbocycles. The van der Waals surface area contributed by atoms with E-state index in [1.165, 1.54) is 0 Å². The molecule has 0 saturated carbocycles. The Morgan fingerprint density at radius 2 is 2.06 bits per heavy atom. The minimum atomic E-state index is -0.822. The molecule has 0 aliphatic carbocycles. The Balaban J connectivity index is 2.40. The van der Waals surface area contributed by atoms with E-state index in [1.54, 1.807) is 7.11 Å². The maximum Gasteiger partial charge on any atom is 0.122 e. The maximum atomic E-state index is 10.9. The quantitative estimate of drug-likeness (QED) is 0.863. The summed E-state index contributed by atoms with van der Waals surface area (Å²) in [4.78, 5) is 0. The number of hydrogen-bond acceptors (Lipinski definition) is 3. The van der Waals surface area contributed by atoms with Crippen molar-refractivity contribution in [2.45, 2.75) is 45.3 Å². The van der Waals surface area contributed by atoms with Crippen molar-refractivity contribution in [3.8, 4) is 5.75 Å². The van der Waals surface area contributed by atoms with Crippen LogP contribution in [-0.2, 0) is 5.60 Å². The summed E-state index contributed by atoms with van der Waals surface area (Å²) in [7, 11) is 1.68. The summed E-state index contributed by atoms with van der Waals surface area (Å²) in [6.45, 7) is 6.94. The second kappa shape index (κ2) is 4.90. The summed E-state index contributed by atoms with van der Waals surface area (Å²) >= 11 is 0. The van der Waals surface area contributed by atoms with E-state index in [0.717, 1.165) is 41.8 Å². The van der Waals surface area contributed by atoms with E-state index in [2.05, 4.69) is 5.32 Å². The van der Waals surface area contributed by atoms with Crippen LogP contribution in [0.2, 0.25) is 0 Å². The molecule has 1 aliphatic rings. The molecule has 2 N–H and O–H groups in total. The number of nitrogens with one attached hydrogen (secondary N) is 1. The smallest absolute Gasteiger partial charge is 0.122 e. The van der Waals surface area contributed by atoms with Crippen LogP contribution in [0.3, 0.4) is 0 Å². The maximum absolute atomic E-state index is 10.9. The molecule has 18 heavy (non-hydrogen) atoms. The number of hydrogen-bond donors (Lipinski definition) is 2. The molecule has 0 spiro atoms. The molecule has 0 amide bonds. The second-order valence-electron chi connectivity index (χ2n) is 5.43. The van der Waals surface area contributed by atoms with Crippen molar-refractivity contribution < 1.29 is 9.84 Å². The van der Waals surface area contributed by atoms with Crippen LogP contribution in [0.1, 0.15) is 36.5 Å². The van der Waals surface area contributed by atoms with Gasteiger partial charge in [0.2, 0.25) is 0 Å². The fourth-order valence-electron chi connectivity index (χ4n) is 2.91. The largest absolute Gasteiger partial charge is 0.496 e. The van der Waals surface area contributed by atoms with Gasteiger partial charge in [-0.2, -0.15) is 0 Å². The van der Waals surface area contributed by atoms with Crippen LogP contribution in [0.5, 0.6) is 5.75 Å². The Bertz CT molecular complexity index is 434. The molecular formula is C15H23NO2. The lowest BCUT2D eigenvalue weighted by atomic mass is 9.84. The number of benzene rings is 1. The van der Waals surface area contributed by atoms with E-state index in [4.69, 9.17) is 4.74 Å². The van der Waals surface area contributed by atoms with Crippen LogP contribution < -0.4 is 10.1 Å². The van der Waals surface area contributed by atoms with Gasteiger partial charge in [0, 0.05) is 6.04 Å². The van der Waals surface area contributed by atoms with Gasteiger partial charge < -0.3 is 15.2 Å². The lowest BCUT2D eigenvalue weighted by molar-refractivity contribution is 0.0212. The summed E-state index contributed by atoms with van der Waals surface area (Å²) < 4.78 is 5.32. The van der Waals surface area contributed by atoms with E-state index >= 15 is 0 Å². The lowest BCUT2D eigenvalue weighted by Crippen LogP contribution is -2.43. The van der Waals surface area contributed by atoms with E-state index in [1.807, 2.05) is 32.9 Å². The van der Waals surface area contributed by atoms with Crippen LogP contribution in [0.4, 0.5) is 0 Å². The molecule has 0 radical (unpaired) electrons. The molecule has 2 rings (SSSR count). The Kier molecular flexibility index (Phi) is 3.64. The van der Waals surface area contributed by atoms with Gasteiger partial charge in [-0.25, -0.2) is 0 Å². The molecule has 2 atom stereocenters. The van der Waals surface area contributed by atoms with Crippen molar-refractivity contribution in [2.24, 2.45) is 0 Å². The zero-order chi connectivity index (χ0) is 13.3. The molecule has 1 aromatic rings. The van der Waals surface area contributed by atoms with Gasteiger partial charge in [0.05, 0.1) is 7.11 Å². The Labute approximate surface area is 109 Å². The highest BCUT2D eigenvalue weighted by molar-refractivity contribution is 5.44. The highest BCUT2D eigenvalue weighted by atomic mass is 16.5. The zero-order valence-corrected chi connectivity index (χ0v) is 11.7. The second-order valence-corrected chi connectivity index (χ2v) is 5.43. The van der Waals surface area contributed by atoms with E-state index < -0.39 is 5.60 Å². The first-order chi connectivity index (χ1) is 8.46. The predicted molar refractivity (Wildman–Crippen MR) is 73.1 cm³/mol. The normalized spacial score (nSPS) is 22.8. The predicted octanol–water partition coefficient (Wildman–Crippen LogP) is 2.27. The highest BCUT2D eigenvalue weighted by Gasteiger charge is 2.36. The molecule has 3 nitrogen and oxygen atoms in total. The van der Waals surface area contributed by atoms with Crippen molar-refractivity contribution in [2.75, 3.05) is 13.7 Å². The number of aryl methyl sites for hydroxylation is 2. The van der Waals surface area contributed by atoms with Crippen LogP contribution in [0.15, 0.2) is 12.1 Å². The average Bonchev–Trinajstić information content (AvgIpc) is 2.85. The summed E-state index contributed by atoms with van der Waals surface area (Å²) in [6.07, 6.45) is 2.16. The van der Waals surface area contributed by atoms with Gasteiger partial charge in [0.25, 0.3) is 0 Å². The Hall–Kier alpha value is -1.06. The Morgan fingerprint density at radius 1 is 1.33 bits per heavy atom. The molecule has 1 saturated heterocycles. The van der Waals surface area contributed by atoms with E-state index in [9.17, 15) is 5.11 Å². The van der Waals surface area contributed by atoms with Crippen LogP contribution in [-0.4, -0.2) is 24.8 Å². The molecule has 100 valence electrons. The number of methoxy groups -OCH3 is 1. The van der Waals surface area contributed by atoms with Gasteiger partial charge in [0.15, 0.2) is 0 Å². The topological polar surface area (TPSA) is 41.5 Å². The van der Waals surface area contributed by atoms with Crippen molar-refractivity contribution >= 4 is 0 Å². The lowest BCUT2D eigenvalue weighted by Gasteiger charge is -2.32. The molecule has 1 aliphatic heterocycles. The standard InChI is InChI=1S/C15H23NO2/c1-10-9-13(18-4)11(2)8-12(10)15(3,17)14-6-5-7-16-14/h8-9,14,16-17H,5-7H2,1-4H3. The summed E-state index contributed by atoms with van der Waals surface area (Å²) in [6, 6.07) is 4.20. The van der Waals surface area contributed by atoms with Gasteiger partial charge >= 0.3 is 0 Å². The van der Waals surface area contributed by atoms with Gasteiger partial charge in [-0.05, 0) is 69.0 Å². The first-order valence-corrected chi connectivity index (χ1v) is 6.58. The SMILES string of the molecule is COc1cc(C)c(C(C)(O)C2CCCN2)cc1C. The van der Waals surface area contributed by atoms with Crippen molar-refractivity contribution in [1.82, 2.24) is 5.32 Å². The van der Waals surface area contributed by atoms with Gasteiger partial charge in [-0.3, -0.25) is 0 Å². The van der Waals surface area contributed by atoms with Crippen LogP contribution >= 0.6 is 0 Å². The van der Waals surface area contributed by atoms with Gasteiger partial charge in [-0.1, -0.05) is 0 Å². The first-order valence-electron chi connectivity index (χ1n) is 6.58. The number of aliphatic hydroxyl groups is 1. The third-order valence-corrected chi connectivity index (χ3v) is 4.03. The average molecular weight is 249 g/mol. The molecule has 3 heteroatoms. The summed E-state index contributed by atoms with van der Waals surface area (Å²) in [5, 5.41) is 14.2. The first kappa shape index (κ1) is 13.4. The highest BCUT2D eigenvalue weighted by Crippen LogP contribution is 2.34. The summed E-state index contributed by atoms with van der Waals surface area (Å²) in [5.74, 6) is 0.881. The molecular weight excluding hydrogens is 226 g/mol. The fourth-order valence-corrected chi connectivity index (χ4v) is 2.91. The fraction of sp³-hybridized carbons (Fsp3) is 0.600. The Morgan fingerprint density at radius 3 is 2.61 bits per heavy atom. The van der Waals surface area contributed by atoms with Gasteiger partial charge in [0.1, 0.15) is 11.4 Å². The zero-order valence-electron chi connectivity index (χ0n) is 11.7. The number of rotatable bonds is 3. The molecule has 0 aromatic heterocycles. The van der Waals surface area contributed by atoms with Gasteiger partial charge in [-0.15, -0.1) is 0 Å². The molecule has 1 heterocycles. The number of ether oxygens (including phenoxy) is 1. The van der Waals surface area contributed by atoms with E-state index in [-0.39, 0.29) is 6.04 Å². The minimum absolute atomic E-state index is 0.143. The third kappa shape index (κ3) is 2.25. The van der Waals surface area contributed by atoms with Crippen molar-refractivity contribution in [3.63, 3.8) is 0 Å². The van der Waals surface area contributed by atoms with E-state index in [0.29, 0.717) is 0 Å². The molecule has 2 unspecified atom stereocenters. The minimum Gasteiger partial charge on any atom is -0.496 e. The summed E-state index contributed by atoms with van der Waals surface area (Å²) in [5.41, 5.74) is 2.32.